The Morgan fingerprint density at radius 2 is 2.00 bits per heavy atom. The number of carbonyl (C=O) groups excluding carboxylic acids is 1. The van der Waals surface area contributed by atoms with Gasteiger partial charge in [-0.25, -0.2) is 0 Å². The number of alkyl halides is 3. The molecule has 3 nitrogen and oxygen atoms in total. The molecule has 0 heterocycles. The van der Waals surface area contributed by atoms with Crippen LogP contribution in [0.15, 0.2) is 30.0 Å². The maximum Gasteiger partial charge on any atom is 0.430 e. The van der Waals surface area contributed by atoms with Crippen LogP contribution >= 0.6 is 0 Å². The second-order valence-corrected chi connectivity index (χ2v) is 3.48. The maximum absolute atomic E-state index is 12.1. The van der Waals surface area contributed by atoms with Crippen molar-refractivity contribution < 1.29 is 23.1 Å². The van der Waals surface area contributed by atoms with Gasteiger partial charge in [0.05, 0.1) is 5.56 Å². The fourth-order valence-electron chi connectivity index (χ4n) is 1.15. The first-order valence-corrected chi connectivity index (χ1v) is 4.60. The number of phenols is 1. The molecule has 0 atom stereocenters. The first-order valence-electron chi connectivity index (χ1n) is 4.60. The summed E-state index contributed by atoms with van der Waals surface area (Å²) in [6, 6.07) is 4.06. The van der Waals surface area contributed by atoms with Crippen molar-refractivity contribution >= 4 is 5.78 Å². The summed E-state index contributed by atoms with van der Waals surface area (Å²) in [5.74, 6) is -1.37. The molecular formula is C11H10F3NO2. The van der Waals surface area contributed by atoms with Crippen molar-refractivity contribution in [1.82, 2.24) is 0 Å². The minimum Gasteiger partial charge on any atom is -0.507 e. The highest BCUT2D eigenvalue weighted by molar-refractivity contribution is 6.06. The number of halogens is 3. The molecule has 92 valence electrons. The van der Waals surface area contributed by atoms with Gasteiger partial charge >= 0.3 is 6.18 Å². The van der Waals surface area contributed by atoms with E-state index in [4.69, 9.17) is 5.73 Å². The van der Waals surface area contributed by atoms with E-state index in [2.05, 4.69) is 0 Å². The van der Waals surface area contributed by atoms with Crippen LogP contribution in [0, 0.1) is 6.92 Å². The van der Waals surface area contributed by atoms with Crippen LogP contribution in [0.4, 0.5) is 13.2 Å². The summed E-state index contributed by atoms with van der Waals surface area (Å²) in [5, 5.41) is 9.35. The first-order chi connectivity index (χ1) is 7.71. The van der Waals surface area contributed by atoms with Gasteiger partial charge in [-0.3, -0.25) is 4.79 Å². The molecule has 0 radical (unpaired) electrons. The lowest BCUT2D eigenvalue weighted by Crippen LogP contribution is -2.20. The zero-order chi connectivity index (χ0) is 13.2. The van der Waals surface area contributed by atoms with Crippen LogP contribution in [0.25, 0.3) is 0 Å². The lowest BCUT2D eigenvalue weighted by Gasteiger charge is -2.06. The van der Waals surface area contributed by atoms with E-state index in [1.54, 1.807) is 6.92 Å². The third kappa shape index (κ3) is 3.24. The van der Waals surface area contributed by atoms with Gasteiger partial charge in [0.25, 0.3) is 0 Å². The number of nitrogens with two attached hydrogens (primary N) is 1. The Balaban J connectivity index is 3.10. The molecule has 6 heteroatoms. The number of allylic oxidation sites excluding steroid dienone is 2. The molecular weight excluding hydrogens is 235 g/mol. The van der Waals surface area contributed by atoms with Crippen LogP contribution in [-0.2, 0) is 0 Å². The number of aromatic hydroxyl groups is 1. The number of ketones is 1. The van der Waals surface area contributed by atoms with Gasteiger partial charge in [-0.1, -0.05) is 11.6 Å². The van der Waals surface area contributed by atoms with Crippen molar-refractivity contribution in [2.45, 2.75) is 13.1 Å². The minimum atomic E-state index is -4.75. The van der Waals surface area contributed by atoms with Gasteiger partial charge in [-0.05, 0) is 19.1 Å². The number of benzene rings is 1. The summed E-state index contributed by atoms with van der Waals surface area (Å²) in [7, 11) is 0. The topological polar surface area (TPSA) is 63.3 Å². The molecule has 0 bridgehead atoms. The third-order valence-electron chi connectivity index (χ3n) is 2.03. The van der Waals surface area contributed by atoms with Gasteiger partial charge in [0.1, 0.15) is 11.4 Å². The number of rotatable bonds is 2. The normalized spacial score (nSPS) is 12.6. The summed E-state index contributed by atoms with van der Waals surface area (Å²) < 4.78 is 36.3. The fraction of sp³-hybridized carbons (Fsp3) is 0.182. The highest BCUT2D eigenvalue weighted by Crippen LogP contribution is 2.24. The zero-order valence-corrected chi connectivity index (χ0v) is 8.88. The Hall–Kier alpha value is -1.98. The molecule has 0 saturated carbocycles. The molecule has 0 spiro atoms. The average molecular weight is 245 g/mol. The minimum absolute atomic E-state index is 0.211. The predicted molar refractivity (Wildman–Crippen MR) is 55.5 cm³/mol. The van der Waals surface area contributed by atoms with Crippen LogP contribution < -0.4 is 5.73 Å². The van der Waals surface area contributed by atoms with E-state index >= 15 is 0 Å². The van der Waals surface area contributed by atoms with Crippen LogP contribution in [0.1, 0.15) is 15.9 Å². The maximum atomic E-state index is 12.1. The summed E-state index contributed by atoms with van der Waals surface area (Å²) >= 11 is 0. The van der Waals surface area contributed by atoms with Crippen LogP contribution in [0.3, 0.4) is 0 Å². The molecule has 0 aliphatic rings. The molecule has 0 unspecified atom stereocenters. The van der Waals surface area contributed by atoms with E-state index in [1.165, 1.54) is 18.2 Å². The van der Waals surface area contributed by atoms with E-state index < -0.39 is 17.7 Å². The number of aryl methyl sites for hydroxylation is 1. The van der Waals surface area contributed by atoms with Gasteiger partial charge in [0, 0.05) is 6.08 Å². The van der Waals surface area contributed by atoms with Crippen LogP contribution in [-0.4, -0.2) is 17.1 Å². The molecule has 0 aromatic heterocycles. The molecule has 1 rings (SSSR count). The van der Waals surface area contributed by atoms with Crippen molar-refractivity contribution in [3.63, 3.8) is 0 Å². The van der Waals surface area contributed by atoms with Crippen molar-refractivity contribution in [3.8, 4) is 5.75 Å². The first kappa shape index (κ1) is 13.1. The molecule has 1 aromatic carbocycles. The molecule has 3 N–H and O–H groups in total. The summed E-state index contributed by atoms with van der Waals surface area (Å²) in [6.45, 7) is 1.65. The molecule has 0 aliphatic heterocycles. The molecule has 17 heavy (non-hydrogen) atoms. The van der Waals surface area contributed by atoms with Crippen LogP contribution in [0.5, 0.6) is 5.75 Å². The summed E-state index contributed by atoms with van der Waals surface area (Å²) in [5.41, 5.74) is 3.65. The number of hydrogen-bond acceptors (Lipinski definition) is 3. The molecule has 0 amide bonds. The van der Waals surface area contributed by atoms with E-state index in [-0.39, 0.29) is 17.4 Å². The van der Waals surface area contributed by atoms with Crippen molar-refractivity contribution in [3.05, 3.63) is 41.1 Å². The number of carbonyl (C=O) groups is 1. The predicted octanol–water partition coefficient (Wildman–Crippen LogP) is 2.29. The Morgan fingerprint density at radius 3 is 2.53 bits per heavy atom. The molecule has 0 saturated heterocycles. The largest absolute Gasteiger partial charge is 0.507 e. The van der Waals surface area contributed by atoms with Crippen molar-refractivity contribution in [2.24, 2.45) is 5.73 Å². The monoisotopic (exact) mass is 245 g/mol. The smallest absolute Gasteiger partial charge is 0.430 e. The number of phenolic OH excluding ortho intramolecular Hbond substituents is 1. The standard InChI is InChI=1S/C11H10F3NO2/c1-6-2-3-8(16)7(4-6)9(17)5-10(15)11(12,13)14/h2-5,16H,15H2,1H3. The summed E-state index contributed by atoms with van der Waals surface area (Å²) in [4.78, 5) is 11.5. The van der Waals surface area contributed by atoms with Gasteiger partial charge in [0.2, 0.25) is 0 Å². The highest BCUT2D eigenvalue weighted by Gasteiger charge is 2.32. The van der Waals surface area contributed by atoms with Gasteiger partial charge in [-0.15, -0.1) is 0 Å². The Morgan fingerprint density at radius 1 is 1.41 bits per heavy atom. The average Bonchev–Trinajstić information content (AvgIpc) is 2.20. The summed E-state index contributed by atoms with van der Waals surface area (Å²) in [6.07, 6.45) is -4.50. The van der Waals surface area contributed by atoms with Crippen LogP contribution in [0.2, 0.25) is 0 Å². The van der Waals surface area contributed by atoms with Gasteiger partial charge < -0.3 is 10.8 Å². The van der Waals surface area contributed by atoms with Crippen molar-refractivity contribution in [2.75, 3.05) is 0 Å². The number of hydrogen-bond donors (Lipinski definition) is 2. The van der Waals surface area contributed by atoms with E-state index in [0.29, 0.717) is 5.56 Å². The van der Waals surface area contributed by atoms with Gasteiger partial charge in [0.15, 0.2) is 5.78 Å². The second kappa shape index (κ2) is 4.48. The quantitative estimate of drug-likeness (QED) is 0.620. The van der Waals surface area contributed by atoms with Gasteiger partial charge in [-0.2, -0.15) is 13.2 Å². The lowest BCUT2D eigenvalue weighted by molar-refractivity contribution is -0.0927. The Kier molecular flexibility index (Phi) is 3.45. The highest BCUT2D eigenvalue weighted by atomic mass is 19.4. The van der Waals surface area contributed by atoms with Crippen molar-refractivity contribution in [1.29, 1.82) is 0 Å². The van der Waals surface area contributed by atoms with E-state index in [0.717, 1.165) is 0 Å². The lowest BCUT2D eigenvalue weighted by atomic mass is 10.1. The fourth-order valence-corrected chi connectivity index (χ4v) is 1.15. The Labute approximate surface area is 95.4 Å². The third-order valence-corrected chi connectivity index (χ3v) is 2.03. The van der Waals surface area contributed by atoms with E-state index in [1.807, 2.05) is 0 Å². The van der Waals surface area contributed by atoms with E-state index in [9.17, 15) is 23.1 Å². The molecule has 1 aromatic rings. The Bertz CT molecular complexity index is 478. The molecule has 0 fully saturated rings. The second-order valence-electron chi connectivity index (χ2n) is 3.48. The molecule has 0 aliphatic carbocycles. The SMILES string of the molecule is Cc1ccc(O)c(C(=O)C=C(N)C(F)(F)F)c1. The zero-order valence-electron chi connectivity index (χ0n) is 8.88.